The van der Waals surface area contributed by atoms with Gasteiger partial charge in [0.05, 0.1) is 17.0 Å². The van der Waals surface area contributed by atoms with Crippen LogP contribution in [0, 0.1) is 6.92 Å². The van der Waals surface area contributed by atoms with Crippen LogP contribution in [0.15, 0.2) is 23.1 Å². The second kappa shape index (κ2) is 6.38. The minimum atomic E-state index is -0.999. The van der Waals surface area contributed by atoms with Crippen LogP contribution in [-0.4, -0.2) is 21.4 Å². The average molecular weight is 258 g/mol. The number of aryl methyl sites for hydroxylation is 1. The zero-order valence-corrected chi connectivity index (χ0v) is 12.6. The Kier molecular flexibility index (Phi) is 6.17. The quantitative estimate of drug-likeness (QED) is 0.610. The van der Waals surface area contributed by atoms with Gasteiger partial charge in [-0.25, -0.2) is 4.98 Å². The van der Waals surface area contributed by atoms with Crippen LogP contribution in [0.1, 0.15) is 16.1 Å². The number of aromatic amines is 1. The normalized spacial score (nSPS) is 9.24. The smallest absolute Gasteiger partial charge is 0.870 e. The molecule has 1 amide bonds. The molecule has 6 nitrogen and oxygen atoms in total. The predicted octanol–water partition coefficient (Wildman–Crippen LogP) is -1.75. The number of pyridine rings is 2. The Morgan fingerprint density at radius 1 is 1.41 bits per heavy atom. The van der Waals surface area contributed by atoms with Gasteiger partial charge in [0.1, 0.15) is 5.52 Å². The number of fused-ring (bicyclic) bond motifs is 1. The molecule has 0 aliphatic heterocycles. The molecule has 0 atom stereocenters. The molecular weight excluding hydrogens is 249 g/mol. The second-order valence-electron chi connectivity index (χ2n) is 3.21. The van der Waals surface area contributed by atoms with Crippen molar-refractivity contribution in [2.45, 2.75) is 6.92 Å². The molecule has 0 radical (unpaired) electrons. The third-order valence-electron chi connectivity index (χ3n) is 2.11. The molecule has 2 aromatic heterocycles. The van der Waals surface area contributed by atoms with Gasteiger partial charge in [-0.1, -0.05) is 0 Å². The van der Waals surface area contributed by atoms with Crippen molar-refractivity contribution in [3.05, 3.63) is 45.5 Å². The van der Waals surface area contributed by atoms with Crippen LogP contribution < -0.4 is 56.8 Å². The molecule has 2 heterocycles. The standard InChI is InChI=1S/C10H9N3O2.K.H2O/c1-5-2-3-7-8(13-5)9(14)6(4-12-7)10(11)15;;/h2-4H,1H3,(H3,11,12,14,15);;1H2/q;+1;/p-2. The third kappa shape index (κ3) is 3.21. The Morgan fingerprint density at radius 2 is 2.06 bits per heavy atom. The van der Waals surface area contributed by atoms with E-state index in [0.29, 0.717) is 11.2 Å². The maximum absolute atomic E-state index is 11.7. The van der Waals surface area contributed by atoms with E-state index in [1.165, 1.54) is 6.20 Å². The summed E-state index contributed by atoms with van der Waals surface area (Å²) in [6, 6.07) is 3.48. The summed E-state index contributed by atoms with van der Waals surface area (Å²) in [5, 5.41) is 0. The topological polar surface area (TPSA) is 117 Å². The van der Waals surface area contributed by atoms with E-state index in [1.807, 2.05) is 0 Å². The van der Waals surface area contributed by atoms with Crippen molar-refractivity contribution >= 4 is 16.9 Å². The zero-order valence-electron chi connectivity index (χ0n) is 9.44. The van der Waals surface area contributed by atoms with Crippen molar-refractivity contribution in [2.24, 2.45) is 0 Å². The average Bonchev–Trinajstić information content (AvgIpc) is 2.19. The van der Waals surface area contributed by atoms with Crippen LogP contribution in [0.25, 0.3) is 16.8 Å². The number of nitrogens with zero attached hydrogens (tertiary/aromatic N) is 1. The molecular formula is C10H9KN3O3-. The van der Waals surface area contributed by atoms with E-state index in [2.05, 4.69) is 9.97 Å². The fourth-order valence-corrected chi connectivity index (χ4v) is 1.36. The second-order valence-corrected chi connectivity index (χ2v) is 3.21. The van der Waals surface area contributed by atoms with E-state index in [0.717, 1.165) is 0 Å². The first kappa shape index (κ1) is 16.4. The molecule has 0 unspecified atom stereocenters. The molecule has 0 aliphatic rings. The molecule has 2 rings (SSSR count). The van der Waals surface area contributed by atoms with Gasteiger partial charge in [-0.3, -0.25) is 4.79 Å². The fraction of sp³-hybridized carbons (Fsp3) is 0.100. The van der Waals surface area contributed by atoms with Crippen LogP contribution in [0.2, 0.25) is 0 Å². The molecule has 0 bridgehead atoms. The van der Waals surface area contributed by atoms with Crippen molar-refractivity contribution in [3.8, 4) is 0 Å². The molecule has 0 aliphatic carbocycles. The Bertz CT molecular complexity index is 609. The van der Waals surface area contributed by atoms with Crippen molar-refractivity contribution in [2.75, 3.05) is 0 Å². The molecule has 7 heteroatoms. The van der Waals surface area contributed by atoms with E-state index in [-0.39, 0.29) is 67.9 Å². The Balaban J connectivity index is 0.00000128. The summed E-state index contributed by atoms with van der Waals surface area (Å²) in [4.78, 5) is 29.3. The number of amides is 1. The Labute approximate surface area is 139 Å². The predicted molar refractivity (Wildman–Crippen MR) is 57.7 cm³/mol. The van der Waals surface area contributed by atoms with Gasteiger partial charge < -0.3 is 21.0 Å². The fourth-order valence-electron chi connectivity index (χ4n) is 1.36. The number of hydrogen-bond donors (Lipinski definition) is 1. The summed E-state index contributed by atoms with van der Waals surface area (Å²) >= 11 is 0. The minimum Gasteiger partial charge on any atom is -0.870 e. The maximum Gasteiger partial charge on any atom is 1.00 e. The molecule has 0 fully saturated rings. The SMILES string of the molecule is Cc1ccc2[nH]cc(C([NH-])=O)c(=O)c2n1.[K+].[OH-]. The molecule has 2 aromatic rings. The molecule has 0 saturated heterocycles. The molecule has 3 N–H and O–H groups in total. The summed E-state index contributed by atoms with van der Waals surface area (Å²) in [5.74, 6) is -0.999. The summed E-state index contributed by atoms with van der Waals surface area (Å²) in [7, 11) is 0. The van der Waals surface area contributed by atoms with Crippen LogP contribution in [-0.2, 0) is 0 Å². The minimum absolute atomic E-state index is 0. The summed E-state index contributed by atoms with van der Waals surface area (Å²) in [6.07, 6.45) is 1.25. The number of nitrogens with one attached hydrogen (secondary N) is 2. The Morgan fingerprint density at radius 3 is 2.65 bits per heavy atom. The van der Waals surface area contributed by atoms with Crippen molar-refractivity contribution in [3.63, 3.8) is 0 Å². The third-order valence-corrected chi connectivity index (χ3v) is 2.11. The van der Waals surface area contributed by atoms with Gasteiger partial charge in [0.2, 0.25) is 5.43 Å². The van der Waals surface area contributed by atoms with E-state index in [4.69, 9.17) is 5.73 Å². The zero-order chi connectivity index (χ0) is 11.0. The van der Waals surface area contributed by atoms with E-state index < -0.39 is 11.3 Å². The largest absolute Gasteiger partial charge is 1.00 e. The Hall–Kier alpha value is -0.574. The van der Waals surface area contributed by atoms with Gasteiger partial charge in [-0.05, 0) is 19.1 Å². The first-order valence-electron chi connectivity index (χ1n) is 4.34. The number of carbonyl (C=O) groups excluding carboxylic acids is 1. The number of aromatic nitrogens is 2. The summed E-state index contributed by atoms with van der Waals surface area (Å²) < 4.78 is 0. The van der Waals surface area contributed by atoms with Crippen LogP contribution in [0.4, 0.5) is 0 Å². The molecule has 17 heavy (non-hydrogen) atoms. The monoisotopic (exact) mass is 258 g/mol. The van der Waals surface area contributed by atoms with Crippen molar-refractivity contribution in [1.29, 1.82) is 0 Å². The van der Waals surface area contributed by atoms with Gasteiger partial charge >= 0.3 is 51.4 Å². The molecule has 84 valence electrons. The number of carbonyl (C=O) groups is 1. The van der Waals surface area contributed by atoms with Crippen molar-refractivity contribution in [1.82, 2.24) is 9.97 Å². The van der Waals surface area contributed by atoms with Crippen LogP contribution in [0.5, 0.6) is 0 Å². The van der Waals surface area contributed by atoms with Crippen LogP contribution in [0.3, 0.4) is 0 Å². The summed E-state index contributed by atoms with van der Waals surface area (Å²) in [6.45, 7) is 1.76. The van der Waals surface area contributed by atoms with Gasteiger partial charge in [-0.15, -0.1) is 0 Å². The molecule has 0 spiro atoms. The van der Waals surface area contributed by atoms with E-state index in [1.54, 1.807) is 19.1 Å². The molecule has 0 aromatic carbocycles. The summed E-state index contributed by atoms with van der Waals surface area (Å²) in [5.41, 5.74) is 7.69. The molecule has 0 saturated carbocycles. The van der Waals surface area contributed by atoms with Crippen molar-refractivity contribution < 1.29 is 61.7 Å². The van der Waals surface area contributed by atoms with Gasteiger partial charge in [-0.2, -0.15) is 0 Å². The number of rotatable bonds is 1. The number of H-pyrrole nitrogens is 1. The van der Waals surface area contributed by atoms with E-state index >= 15 is 0 Å². The van der Waals surface area contributed by atoms with Gasteiger partial charge in [0, 0.05) is 11.9 Å². The maximum atomic E-state index is 11.7. The number of hydrogen-bond acceptors (Lipinski definition) is 4. The first-order chi connectivity index (χ1) is 7.09. The van der Waals surface area contributed by atoms with Crippen LogP contribution >= 0.6 is 0 Å². The van der Waals surface area contributed by atoms with Gasteiger partial charge in [0.15, 0.2) is 0 Å². The first-order valence-corrected chi connectivity index (χ1v) is 4.34. The van der Waals surface area contributed by atoms with Gasteiger partial charge in [0.25, 0.3) is 0 Å². The van der Waals surface area contributed by atoms with E-state index in [9.17, 15) is 9.59 Å².